The molecule has 0 aromatic carbocycles. The van der Waals surface area contributed by atoms with E-state index in [4.69, 9.17) is 4.74 Å². The predicted molar refractivity (Wildman–Crippen MR) is 62.5 cm³/mol. The van der Waals surface area contributed by atoms with Crippen LogP contribution < -0.4 is 0 Å². The molecule has 1 saturated heterocycles. The van der Waals surface area contributed by atoms with Crippen LogP contribution in [0.15, 0.2) is 0 Å². The minimum absolute atomic E-state index is 0.110. The van der Waals surface area contributed by atoms with E-state index < -0.39 is 5.60 Å². The molecular weight excluding hydrogens is 230 g/mol. The molecule has 0 radical (unpaired) electrons. The number of rotatable bonds is 1. The molecule has 0 amide bonds. The number of Topliss-reactive ketones (excluding diaryl/α,β-unsaturated/α-hetero) is 2. The highest BCUT2D eigenvalue weighted by Crippen LogP contribution is 2.66. The lowest BCUT2D eigenvalue weighted by atomic mass is 9.53. The zero-order valence-corrected chi connectivity index (χ0v) is 10.7. The van der Waals surface area contributed by atoms with Crippen molar-refractivity contribution in [1.29, 1.82) is 5.26 Å². The Morgan fingerprint density at radius 3 is 2.89 bits per heavy atom. The van der Waals surface area contributed by atoms with Gasteiger partial charge in [-0.3, -0.25) is 9.59 Å². The van der Waals surface area contributed by atoms with Crippen molar-refractivity contribution < 1.29 is 14.3 Å². The highest BCUT2D eigenvalue weighted by molar-refractivity contribution is 5.89. The van der Waals surface area contributed by atoms with E-state index in [0.29, 0.717) is 25.7 Å². The number of nitrogens with zero attached hydrogens (tertiary/aromatic N) is 1. The lowest BCUT2D eigenvalue weighted by molar-refractivity contribution is -0.128. The lowest BCUT2D eigenvalue weighted by Crippen LogP contribution is -2.53. The number of epoxide rings is 1. The SMILES string of the molecule is CC(=O)[C@H]1C[C@H](C#N)[C@@]2(C)CCC(=O)[C@@H]3O[C@]32C1. The number of nitriles is 1. The molecule has 2 aliphatic carbocycles. The van der Waals surface area contributed by atoms with Gasteiger partial charge in [-0.1, -0.05) is 6.92 Å². The first-order valence-corrected chi connectivity index (χ1v) is 6.55. The molecule has 1 heterocycles. The fourth-order valence-corrected chi connectivity index (χ4v) is 4.02. The van der Waals surface area contributed by atoms with E-state index in [1.165, 1.54) is 0 Å². The van der Waals surface area contributed by atoms with Gasteiger partial charge in [-0.25, -0.2) is 0 Å². The zero-order chi connectivity index (χ0) is 13.1. The molecule has 3 fully saturated rings. The van der Waals surface area contributed by atoms with E-state index >= 15 is 0 Å². The summed E-state index contributed by atoms with van der Waals surface area (Å²) in [5.41, 5.74) is -0.774. The second kappa shape index (κ2) is 3.42. The van der Waals surface area contributed by atoms with E-state index in [1.807, 2.05) is 0 Å². The van der Waals surface area contributed by atoms with Crippen molar-refractivity contribution in [3.05, 3.63) is 0 Å². The highest BCUT2D eigenvalue weighted by Gasteiger charge is 2.75. The van der Waals surface area contributed by atoms with Gasteiger partial charge in [0.2, 0.25) is 0 Å². The number of carbonyl (C=O) groups is 2. The minimum Gasteiger partial charge on any atom is -0.357 e. The molecule has 2 saturated carbocycles. The van der Waals surface area contributed by atoms with E-state index in [9.17, 15) is 14.9 Å². The van der Waals surface area contributed by atoms with Crippen LogP contribution in [0.1, 0.15) is 39.5 Å². The summed E-state index contributed by atoms with van der Waals surface area (Å²) < 4.78 is 5.74. The van der Waals surface area contributed by atoms with Gasteiger partial charge in [0, 0.05) is 17.8 Å². The number of hydrogen-bond acceptors (Lipinski definition) is 4. The Morgan fingerprint density at radius 2 is 2.28 bits per heavy atom. The fraction of sp³-hybridized carbons (Fsp3) is 0.786. The van der Waals surface area contributed by atoms with Crippen molar-refractivity contribution in [2.75, 3.05) is 0 Å². The van der Waals surface area contributed by atoms with Crippen LogP contribution >= 0.6 is 0 Å². The van der Waals surface area contributed by atoms with Gasteiger partial charge in [-0.15, -0.1) is 0 Å². The molecule has 0 aromatic rings. The van der Waals surface area contributed by atoms with Gasteiger partial charge in [-0.2, -0.15) is 5.26 Å². The van der Waals surface area contributed by atoms with Crippen LogP contribution in [-0.2, 0) is 14.3 Å². The molecule has 0 N–H and O–H groups in total. The largest absolute Gasteiger partial charge is 0.357 e. The molecule has 4 nitrogen and oxygen atoms in total. The normalized spacial score (nSPS) is 49.8. The van der Waals surface area contributed by atoms with E-state index in [0.717, 1.165) is 0 Å². The van der Waals surface area contributed by atoms with Crippen LogP contribution in [0, 0.1) is 28.6 Å². The third-order valence-corrected chi connectivity index (χ3v) is 5.41. The van der Waals surface area contributed by atoms with Crippen molar-refractivity contribution in [3.63, 3.8) is 0 Å². The topological polar surface area (TPSA) is 70.5 Å². The first-order chi connectivity index (χ1) is 8.44. The van der Waals surface area contributed by atoms with Crippen LogP contribution in [0.5, 0.6) is 0 Å². The molecule has 0 unspecified atom stereocenters. The summed E-state index contributed by atoms with van der Waals surface area (Å²) in [4.78, 5) is 23.4. The van der Waals surface area contributed by atoms with Crippen molar-refractivity contribution in [2.45, 2.75) is 51.2 Å². The number of ether oxygens (including phenoxy) is 1. The number of carbonyl (C=O) groups excluding carboxylic acids is 2. The van der Waals surface area contributed by atoms with Crippen molar-refractivity contribution >= 4 is 11.6 Å². The summed E-state index contributed by atoms with van der Waals surface area (Å²) >= 11 is 0. The molecular formula is C14H17NO3. The molecule has 1 aliphatic heterocycles. The summed E-state index contributed by atoms with van der Waals surface area (Å²) in [5.74, 6) is -0.0517. The van der Waals surface area contributed by atoms with Crippen LogP contribution in [0.25, 0.3) is 0 Å². The molecule has 0 aromatic heterocycles. The Balaban J connectivity index is 2.00. The average Bonchev–Trinajstić information content (AvgIpc) is 3.06. The molecule has 1 spiro atoms. The Morgan fingerprint density at radius 1 is 1.56 bits per heavy atom. The highest BCUT2D eigenvalue weighted by atomic mass is 16.6. The Bertz CT molecular complexity index is 480. The summed E-state index contributed by atoms with van der Waals surface area (Å²) in [6, 6.07) is 2.35. The molecule has 18 heavy (non-hydrogen) atoms. The molecule has 5 atom stereocenters. The third-order valence-electron chi connectivity index (χ3n) is 5.41. The van der Waals surface area contributed by atoms with Crippen LogP contribution in [0.4, 0.5) is 0 Å². The van der Waals surface area contributed by atoms with Crippen molar-refractivity contribution in [1.82, 2.24) is 0 Å². The zero-order valence-electron chi connectivity index (χ0n) is 10.7. The summed E-state index contributed by atoms with van der Waals surface area (Å²) in [6.45, 7) is 3.63. The van der Waals surface area contributed by atoms with Gasteiger partial charge >= 0.3 is 0 Å². The average molecular weight is 247 g/mol. The fourth-order valence-electron chi connectivity index (χ4n) is 4.02. The smallest absolute Gasteiger partial charge is 0.164 e. The molecule has 3 rings (SSSR count). The molecule has 0 bridgehead atoms. The van der Waals surface area contributed by atoms with Gasteiger partial charge in [0.25, 0.3) is 0 Å². The molecule has 3 aliphatic rings. The van der Waals surface area contributed by atoms with Gasteiger partial charge < -0.3 is 4.74 Å². The van der Waals surface area contributed by atoms with Gasteiger partial charge in [0.05, 0.1) is 12.0 Å². The Labute approximate surface area is 106 Å². The summed E-state index contributed by atoms with van der Waals surface area (Å²) in [6.07, 6.45) is 2.10. The second-order valence-electron chi connectivity index (χ2n) is 6.20. The lowest BCUT2D eigenvalue weighted by Gasteiger charge is -2.47. The van der Waals surface area contributed by atoms with E-state index in [2.05, 4.69) is 13.0 Å². The standard InChI is InChI=1S/C14H17NO3/c1-8(16)9-5-10(7-15)13(2)4-3-11(17)12-14(13,6-9)18-12/h9-10,12H,3-6H2,1-2H3/t9-,10+,12-,13+,14+/m0/s1. The maximum atomic E-state index is 11.8. The van der Waals surface area contributed by atoms with Crippen molar-refractivity contribution in [3.8, 4) is 6.07 Å². The first kappa shape index (κ1) is 11.9. The number of ketones is 2. The first-order valence-electron chi connectivity index (χ1n) is 6.55. The van der Waals surface area contributed by atoms with Crippen LogP contribution in [0.2, 0.25) is 0 Å². The van der Waals surface area contributed by atoms with Crippen LogP contribution in [-0.4, -0.2) is 23.3 Å². The third kappa shape index (κ3) is 1.23. The van der Waals surface area contributed by atoms with Gasteiger partial charge in [0.1, 0.15) is 17.5 Å². The van der Waals surface area contributed by atoms with Gasteiger partial charge in [0.15, 0.2) is 5.78 Å². The Kier molecular flexibility index (Phi) is 2.25. The van der Waals surface area contributed by atoms with Crippen LogP contribution in [0.3, 0.4) is 0 Å². The maximum Gasteiger partial charge on any atom is 0.164 e. The maximum absolute atomic E-state index is 11.8. The monoisotopic (exact) mass is 247 g/mol. The summed E-state index contributed by atoms with van der Waals surface area (Å²) in [5, 5.41) is 9.39. The minimum atomic E-state index is -0.517. The van der Waals surface area contributed by atoms with E-state index in [-0.39, 0.29) is 34.9 Å². The quantitative estimate of drug-likeness (QED) is 0.660. The summed E-state index contributed by atoms with van der Waals surface area (Å²) in [7, 11) is 0. The molecule has 96 valence electrons. The predicted octanol–water partition coefficient (Wildman–Crippen LogP) is 1.63. The molecule has 4 heteroatoms. The number of hydrogen-bond donors (Lipinski definition) is 0. The van der Waals surface area contributed by atoms with E-state index in [1.54, 1.807) is 6.92 Å². The second-order valence-corrected chi connectivity index (χ2v) is 6.20. The Hall–Kier alpha value is -1.21. The van der Waals surface area contributed by atoms with Crippen molar-refractivity contribution in [2.24, 2.45) is 17.3 Å². The van der Waals surface area contributed by atoms with Gasteiger partial charge in [-0.05, 0) is 26.2 Å².